The number of aromatic nitrogens is 1. The summed E-state index contributed by atoms with van der Waals surface area (Å²) in [5.74, 6) is -1.93. The Balaban J connectivity index is 2.73. The van der Waals surface area contributed by atoms with Gasteiger partial charge in [-0.3, -0.25) is 4.79 Å². The number of aromatic hydroxyl groups is 1. The van der Waals surface area contributed by atoms with Crippen LogP contribution in [0.15, 0.2) is 24.3 Å². The maximum Gasteiger partial charge on any atom is 0.320 e. The van der Waals surface area contributed by atoms with Crippen molar-refractivity contribution in [3.05, 3.63) is 29.9 Å². The lowest BCUT2D eigenvalue weighted by molar-refractivity contribution is -0.138. The molecule has 5 N–H and O–H groups in total. The van der Waals surface area contributed by atoms with Crippen LogP contribution in [0.5, 0.6) is 5.75 Å². The monoisotopic (exact) mass is 224 g/mol. The second kappa shape index (κ2) is 3.86. The Morgan fingerprint density at radius 1 is 1.62 bits per heavy atom. The summed E-state index contributed by atoms with van der Waals surface area (Å²) in [6.45, 7) is 0. The summed E-state index contributed by atoms with van der Waals surface area (Å²) in [6, 6.07) is -2.54. The van der Waals surface area contributed by atoms with Gasteiger partial charge in [0.25, 0.3) is 0 Å². The number of rotatable bonds is 3. The number of hydrogen-bond acceptors (Lipinski definition) is 3. The number of phenolic OH excluding ortho intramolecular Hbond substituents is 1. The van der Waals surface area contributed by atoms with E-state index in [4.69, 9.17) is 16.3 Å². The van der Waals surface area contributed by atoms with Crippen LogP contribution in [0, 0.1) is 0 Å². The van der Waals surface area contributed by atoms with Gasteiger partial charge in [-0.1, -0.05) is 0 Å². The normalized spacial score (nSPS) is 16.3. The van der Waals surface area contributed by atoms with Gasteiger partial charge in [-0.15, -0.1) is 0 Å². The molecule has 5 heteroatoms. The quantitative estimate of drug-likeness (QED) is 0.620. The van der Waals surface area contributed by atoms with Crippen molar-refractivity contribution in [1.29, 1.82) is 0 Å². The van der Waals surface area contributed by atoms with Crippen LogP contribution in [0.25, 0.3) is 10.9 Å². The Morgan fingerprint density at radius 3 is 3.06 bits per heavy atom. The summed E-state index contributed by atoms with van der Waals surface area (Å²) in [5.41, 5.74) is 5.61. The van der Waals surface area contributed by atoms with Gasteiger partial charge in [-0.05, 0) is 23.7 Å². The second-order valence-electron chi connectivity index (χ2n) is 3.35. The SMILES string of the molecule is [2H]c1[nH]c2c([2H])c([2H])c(O)c([2H])c2c1C[C@H](N)C(=O)O. The number of carboxylic acid groups (broad SMARTS) is 1. The molecule has 0 amide bonds. The van der Waals surface area contributed by atoms with Crippen molar-refractivity contribution in [3.8, 4) is 5.75 Å². The van der Waals surface area contributed by atoms with Gasteiger partial charge in [0.2, 0.25) is 0 Å². The fourth-order valence-corrected chi connectivity index (χ4v) is 1.38. The zero-order valence-corrected chi connectivity index (χ0v) is 8.16. The minimum Gasteiger partial charge on any atom is -0.508 e. The predicted molar refractivity (Wildman–Crippen MR) is 59.3 cm³/mol. The number of nitrogens with one attached hydrogen (secondary N) is 1. The molecule has 5 nitrogen and oxygen atoms in total. The molecule has 84 valence electrons. The first kappa shape index (κ1) is 6.55. The first-order chi connectivity index (χ1) is 9.25. The standard InChI is InChI=1S/C11H12N2O3/c12-9(11(15)16)3-6-5-13-10-2-1-7(14)4-8(6)10/h1-2,4-5,9,13-14H,3,12H2,(H,15,16)/t9-/m0/s1/i1D,2D,4D,5D. The highest BCUT2D eigenvalue weighted by molar-refractivity contribution is 5.85. The van der Waals surface area contributed by atoms with Crippen molar-refractivity contribution in [2.45, 2.75) is 12.5 Å². The third kappa shape index (κ3) is 1.85. The molecular weight excluding hydrogens is 208 g/mol. The highest BCUT2D eigenvalue weighted by Gasteiger charge is 2.14. The van der Waals surface area contributed by atoms with Crippen LogP contribution in [0.4, 0.5) is 0 Å². The molecule has 2 rings (SSSR count). The fraction of sp³-hybridized carbons (Fsp3) is 0.182. The average molecular weight is 224 g/mol. The summed E-state index contributed by atoms with van der Waals surface area (Å²) in [4.78, 5) is 13.3. The topological polar surface area (TPSA) is 99.3 Å². The van der Waals surface area contributed by atoms with E-state index in [0.29, 0.717) is 0 Å². The van der Waals surface area contributed by atoms with Gasteiger partial charge in [-0.25, -0.2) is 0 Å². The van der Waals surface area contributed by atoms with Gasteiger partial charge in [0.15, 0.2) is 0 Å². The van der Waals surface area contributed by atoms with E-state index in [-0.39, 0.29) is 35.1 Å². The van der Waals surface area contributed by atoms with E-state index in [1.54, 1.807) is 0 Å². The molecule has 1 aromatic heterocycles. The molecular formula is C11H12N2O3. The zero-order chi connectivity index (χ0) is 15.2. The third-order valence-corrected chi connectivity index (χ3v) is 2.18. The number of phenols is 1. The van der Waals surface area contributed by atoms with E-state index in [9.17, 15) is 9.90 Å². The van der Waals surface area contributed by atoms with Gasteiger partial charge in [0.05, 0.1) is 5.48 Å². The van der Waals surface area contributed by atoms with E-state index in [1.165, 1.54) is 0 Å². The number of carboxylic acids is 1. The third-order valence-electron chi connectivity index (χ3n) is 2.18. The molecule has 1 heterocycles. The molecule has 0 fully saturated rings. The summed E-state index contributed by atoms with van der Waals surface area (Å²) < 4.78 is 30.7. The van der Waals surface area contributed by atoms with Crippen LogP contribution in [-0.4, -0.2) is 27.2 Å². The summed E-state index contributed by atoms with van der Waals surface area (Å²) in [6.07, 6.45) is -0.389. The zero-order valence-electron chi connectivity index (χ0n) is 12.2. The number of aromatic amines is 1. The van der Waals surface area contributed by atoms with Crippen molar-refractivity contribution in [2.75, 3.05) is 0 Å². The van der Waals surface area contributed by atoms with Crippen LogP contribution < -0.4 is 5.73 Å². The van der Waals surface area contributed by atoms with E-state index in [0.717, 1.165) is 0 Å². The molecule has 0 bridgehead atoms. The van der Waals surface area contributed by atoms with Crippen LogP contribution in [0.1, 0.15) is 11.0 Å². The van der Waals surface area contributed by atoms with E-state index in [2.05, 4.69) is 4.98 Å². The van der Waals surface area contributed by atoms with E-state index in [1.807, 2.05) is 0 Å². The lowest BCUT2D eigenvalue weighted by Gasteiger charge is -2.04. The van der Waals surface area contributed by atoms with Crippen LogP contribution >= 0.6 is 0 Å². The van der Waals surface area contributed by atoms with Gasteiger partial charge in [0.1, 0.15) is 11.8 Å². The van der Waals surface area contributed by atoms with Crippen molar-refractivity contribution in [2.24, 2.45) is 5.73 Å². The molecule has 0 aliphatic heterocycles. The van der Waals surface area contributed by atoms with Gasteiger partial charge < -0.3 is 20.9 Å². The number of carbonyl (C=O) groups is 1. The second-order valence-corrected chi connectivity index (χ2v) is 3.35. The molecule has 1 aromatic carbocycles. The van der Waals surface area contributed by atoms with Crippen LogP contribution in [0.2, 0.25) is 0 Å². The minimum atomic E-state index is -1.26. The van der Waals surface area contributed by atoms with E-state index >= 15 is 0 Å². The predicted octanol–water partition coefficient (Wildman–Crippen LogP) is 0.828. The number of H-pyrrole nitrogens is 1. The molecule has 1 atom stereocenters. The molecule has 0 radical (unpaired) electrons. The first-order valence-corrected chi connectivity index (χ1v) is 4.54. The van der Waals surface area contributed by atoms with Crippen molar-refractivity contribution < 1.29 is 20.5 Å². The maximum atomic E-state index is 10.8. The molecule has 16 heavy (non-hydrogen) atoms. The van der Waals surface area contributed by atoms with Gasteiger partial charge >= 0.3 is 5.97 Å². The van der Waals surface area contributed by atoms with Crippen molar-refractivity contribution in [1.82, 2.24) is 4.98 Å². The largest absolute Gasteiger partial charge is 0.508 e. The highest BCUT2D eigenvalue weighted by atomic mass is 16.4. The Kier molecular flexibility index (Phi) is 1.58. The molecule has 2 aromatic rings. The number of benzene rings is 1. The first-order valence-electron chi connectivity index (χ1n) is 6.54. The molecule has 0 saturated carbocycles. The Hall–Kier alpha value is -2.01. The molecule has 0 unspecified atom stereocenters. The number of aliphatic carboxylic acids is 1. The molecule has 0 spiro atoms. The van der Waals surface area contributed by atoms with Crippen LogP contribution in [-0.2, 0) is 11.2 Å². The maximum absolute atomic E-state index is 10.8. The Morgan fingerprint density at radius 2 is 2.38 bits per heavy atom. The van der Waals surface area contributed by atoms with Gasteiger partial charge in [0, 0.05) is 23.5 Å². The van der Waals surface area contributed by atoms with Crippen molar-refractivity contribution >= 4 is 16.9 Å². The van der Waals surface area contributed by atoms with Crippen LogP contribution in [0.3, 0.4) is 0 Å². The Bertz CT molecular complexity index is 714. The minimum absolute atomic E-state index is 0.0513. The lowest BCUT2D eigenvalue weighted by atomic mass is 10.1. The van der Waals surface area contributed by atoms with Gasteiger partial charge in [-0.2, -0.15) is 0 Å². The van der Waals surface area contributed by atoms with Crippen molar-refractivity contribution in [3.63, 3.8) is 0 Å². The average Bonchev–Trinajstić information content (AvgIpc) is 2.71. The number of nitrogens with two attached hydrogens (primary N) is 1. The molecule has 0 aliphatic rings. The summed E-state index contributed by atoms with van der Waals surface area (Å²) in [5, 5.41) is 18.5. The fourth-order valence-electron chi connectivity index (χ4n) is 1.38. The number of fused-ring (bicyclic) bond motifs is 1. The number of hydrogen-bond donors (Lipinski definition) is 4. The lowest BCUT2D eigenvalue weighted by Crippen LogP contribution is -2.32. The van der Waals surface area contributed by atoms with E-state index < -0.39 is 29.8 Å². The molecule has 0 saturated heterocycles. The Labute approximate surface area is 97.1 Å². The smallest absolute Gasteiger partial charge is 0.320 e. The summed E-state index contributed by atoms with van der Waals surface area (Å²) >= 11 is 0. The summed E-state index contributed by atoms with van der Waals surface area (Å²) in [7, 11) is 0. The molecule has 0 aliphatic carbocycles. The highest BCUT2D eigenvalue weighted by Crippen LogP contribution is 2.23.